The van der Waals surface area contributed by atoms with E-state index in [4.69, 9.17) is 4.74 Å². The van der Waals surface area contributed by atoms with Gasteiger partial charge in [-0.15, -0.1) is 0 Å². The van der Waals surface area contributed by atoms with Gasteiger partial charge in [-0.1, -0.05) is 25.5 Å². The Balaban J connectivity index is 1.66. The van der Waals surface area contributed by atoms with E-state index in [0.717, 1.165) is 12.8 Å². The second-order valence-electron chi connectivity index (χ2n) is 7.77. The molecule has 1 fully saturated rings. The Bertz CT molecular complexity index is 1070. The van der Waals surface area contributed by atoms with Crippen LogP contribution >= 0.6 is 0 Å². The lowest BCUT2D eigenvalue weighted by atomic mass is 10.1. The number of amides is 2. The summed E-state index contributed by atoms with van der Waals surface area (Å²) in [6.45, 7) is 2.71. The maximum atomic E-state index is 12.8. The molecule has 2 aromatic rings. The van der Waals surface area contributed by atoms with Crippen molar-refractivity contribution in [1.29, 1.82) is 0 Å². The minimum Gasteiger partial charge on any atom is -0.495 e. The lowest BCUT2D eigenvalue weighted by Crippen LogP contribution is -2.28. The standard InChI is InChI=1S/C23H29N3O5S/c1-4-5-14-25(2)32(29,30)19-12-10-18(11-13-19)24-23(28)17-15-22(27)26(16-17)20-8-6-7-9-21(20)31-3/h6-13,17H,4-5,14-16H2,1-3H3,(H,24,28)/t17-/m0/s1. The first-order valence-electron chi connectivity index (χ1n) is 10.6. The van der Waals surface area contributed by atoms with E-state index in [-0.39, 0.29) is 29.7 Å². The molecule has 32 heavy (non-hydrogen) atoms. The average Bonchev–Trinajstić information content (AvgIpc) is 3.19. The molecular formula is C23H29N3O5S. The van der Waals surface area contributed by atoms with Gasteiger partial charge in [-0.25, -0.2) is 12.7 Å². The molecule has 2 amide bonds. The summed E-state index contributed by atoms with van der Waals surface area (Å²) >= 11 is 0. The van der Waals surface area contributed by atoms with Crippen molar-refractivity contribution in [3.05, 3.63) is 48.5 Å². The van der Waals surface area contributed by atoms with Gasteiger partial charge >= 0.3 is 0 Å². The van der Waals surface area contributed by atoms with Crippen molar-refractivity contribution in [2.24, 2.45) is 5.92 Å². The summed E-state index contributed by atoms with van der Waals surface area (Å²) in [6.07, 6.45) is 1.79. The fourth-order valence-corrected chi connectivity index (χ4v) is 4.81. The highest BCUT2D eigenvalue weighted by Gasteiger charge is 2.36. The van der Waals surface area contributed by atoms with E-state index >= 15 is 0 Å². The Morgan fingerprint density at radius 1 is 1.19 bits per heavy atom. The van der Waals surface area contributed by atoms with Crippen molar-refractivity contribution in [2.45, 2.75) is 31.1 Å². The maximum absolute atomic E-state index is 12.8. The van der Waals surface area contributed by atoms with Gasteiger partial charge in [-0.3, -0.25) is 9.59 Å². The van der Waals surface area contributed by atoms with Crippen molar-refractivity contribution in [1.82, 2.24) is 4.31 Å². The van der Waals surface area contributed by atoms with Crippen molar-refractivity contribution < 1.29 is 22.7 Å². The van der Waals surface area contributed by atoms with Crippen LogP contribution in [0.15, 0.2) is 53.4 Å². The number of nitrogens with one attached hydrogen (secondary N) is 1. The minimum absolute atomic E-state index is 0.0958. The number of anilines is 2. The Morgan fingerprint density at radius 2 is 1.88 bits per heavy atom. The molecule has 1 saturated heterocycles. The summed E-state index contributed by atoms with van der Waals surface area (Å²) < 4.78 is 31.9. The first-order valence-corrected chi connectivity index (χ1v) is 12.0. The van der Waals surface area contributed by atoms with Crippen LogP contribution in [0.3, 0.4) is 0 Å². The SMILES string of the molecule is CCCCN(C)S(=O)(=O)c1ccc(NC(=O)[C@H]2CC(=O)N(c3ccccc3OC)C2)cc1. The molecule has 0 aliphatic carbocycles. The normalized spacial score (nSPS) is 16.4. The fraction of sp³-hybridized carbons (Fsp3) is 0.391. The summed E-state index contributed by atoms with van der Waals surface area (Å²) in [5, 5.41) is 2.79. The summed E-state index contributed by atoms with van der Waals surface area (Å²) in [6, 6.07) is 13.3. The van der Waals surface area contributed by atoms with Gasteiger partial charge in [-0.2, -0.15) is 0 Å². The summed E-state index contributed by atoms with van der Waals surface area (Å²) in [5.74, 6) is -0.378. The van der Waals surface area contributed by atoms with Gasteiger partial charge in [0.15, 0.2) is 0 Å². The first-order chi connectivity index (χ1) is 15.3. The van der Waals surface area contributed by atoms with Crippen LogP contribution in [0.2, 0.25) is 0 Å². The van der Waals surface area contributed by atoms with Crippen LogP contribution in [-0.4, -0.2) is 51.8 Å². The zero-order chi connectivity index (χ0) is 23.3. The highest BCUT2D eigenvalue weighted by Crippen LogP contribution is 2.33. The van der Waals surface area contributed by atoms with E-state index in [1.54, 1.807) is 36.2 Å². The van der Waals surface area contributed by atoms with E-state index in [9.17, 15) is 18.0 Å². The Kier molecular flexibility index (Phi) is 7.52. The van der Waals surface area contributed by atoms with E-state index < -0.39 is 15.9 Å². The molecule has 0 saturated carbocycles. The van der Waals surface area contributed by atoms with Crippen LogP contribution in [0.5, 0.6) is 5.75 Å². The van der Waals surface area contributed by atoms with Gasteiger partial charge in [0.25, 0.3) is 0 Å². The molecule has 0 unspecified atom stereocenters. The van der Waals surface area contributed by atoms with Crippen molar-refractivity contribution in [2.75, 3.05) is 37.5 Å². The molecule has 0 spiro atoms. The summed E-state index contributed by atoms with van der Waals surface area (Å²) in [5.41, 5.74) is 1.12. The predicted octanol–water partition coefficient (Wildman–Crippen LogP) is 3.11. The van der Waals surface area contributed by atoms with Gasteiger partial charge in [-0.05, 0) is 42.8 Å². The summed E-state index contributed by atoms with van der Waals surface area (Å²) in [7, 11) is -0.469. The molecule has 2 aromatic carbocycles. The van der Waals surface area contributed by atoms with E-state index in [1.165, 1.54) is 23.5 Å². The largest absolute Gasteiger partial charge is 0.495 e. The van der Waals surface area contributed by atoms with E-state index in [0.29, 0.717) is 23.7 Å². The number of methoxy groups -OCH3 is 1. The van der Waals surface area contributed by atoms with Crippen LogP contribution in [0.1, 0.15) is 26.2 Å². The molecule has 1 atom stereocenters. The quantitative estimate of drug-likeness (QED) is 0.622. The molecule has 172 valence electrons. The molecule has 0 radical (unpaired) electrons. The summed E-state index contributed by atoms with van der Waals surface area (Å²) in [4.78, 5) is 27.0. The molecule has 0 aromatic heterocycles. The number of carbonyl (C=O) groups is 2. The zero-order valence-corrected chi connectivity index (χ0v) is 19.4. The van der Waals surface area contributed by atoms with Crippen LogP contribution in [-0.2, 0) is 19.6 Å². The molecular weight excluding hydrogens is 430 g/mol. The van der Waals surface area contributed by atoms with Gasteiger partial charge < -0.3 is 15.0 Å². The molecule has 1 aliphatic rings. The lowest BCUT2D eigenvalue weighted by molar-refractivity contribution is -0.122. The van der Waals surface area contributed by atoms with Gasteiger partial charge in [0.2, 0.25) is 21.8 Å². The zero-order valence-electron chi connectivity index (χ0n) is 18.6. The molecule has 0 bridgehead atoms. The third-order valence-corrected chi connectivity index (χ3v) is 7.40. The van der Waals surface area contributed by atoms with Crippen molar-refractivity contribution in [3.63, 3.8) is 0 Å². The van der Waals surface area contributed by atoms with Gasteiger partial charge in [0.1, 0.15) is 5.75 Å². The number of rotatable bonds is 9. The molecule has 1 aliphatic heterocycles. The number of para-hydroxylation sites is 2. The monoisotopic (exact) mass is 459 g/mol. The molecule has 3 rings (SSSR count). The van der Waals surface area contributed by atoms with E-state index in [2.05, 4.69) is 5.32 Å². The van der Waals surface area contributed by atoms with Crippen LogP contribution < -0.4 is 15.0 Å². The molecule has 9 heteroatoms. The third-order valence-electron chi connectivity index (χ3n) is 5.53. The van der Waals surface area contributed by atoms with Crippen molar-refractivity contribution in [3.8, 4) is 5.75 Å². The Morgan fingerprint density at radius 3 is 2.53 bits per heavy atom. The second kappa shape index (κ2) is 10.1. The molecule has 1 heterocycles. The number of hydrogen-bond acceptors (Lipinski definition) is 5. The number of nitrogens with zero attached hydrogens (tertiary/aromatic N) is 2. The number of benzene rings is 2. The molecule has 8 nitrogen and oxygen atoms in total. The number of sulfonamides is 1. The highest BCUT2D eigenvalue weighted by atomic mass is 32.2. The first kappa shape index (κ1) is 23.7. The predicted molar refractivity (Wildman–Crippen MR) is 123 cm³/mol. The highest BCUT2D eigenvalue weighted by molar-refractivity contribution is 7.89. The maximum Gasteiger partial charge on any atom is 0.242 e. The van der Waals surface area contributed by atoms with E-state index in [1.807, 2.05) is 19.1 Å². The number of carbonyl (C=O) groups excluding carboxylic acids is 2. The topological polar surface area (TPSA) is 96.0 Å². The lowest BCUT2D eigenvalue weighted by Gasteiger charge is -2.19. The van der Waals surface area contributed by atoms with Crippen LogP contribution in [0, 0.1) is 5.92 Å². The minimum atomic E-state index is -3.57. The van der Waals surface area contributed by atoms with Gasteiger partial charge in [0.05, 0.1) is 23.6 Å². The number of ether oxygens (including phenoxy) is 1. The average molecular weight is 460 g/mol. The smallest absolute Gasteiger partial charge is 0.242 e. The van der Waals surface area contributed by atoms with Crippen LogP contribution in [0.25, 0.3) is 0 Å². The number of hydrogen-bond donors (Lipinski definition) is 1. The van der Waals surface area contributed by atoms with Crippen molar-refractivity contribution >= 4 is 33.2 Å². The fourth-order valence-electron chi connectivity index (χ4n) is 3.60. The Labute approximate surface area is 189 Å². The molecule has 1 N–H and O–H groups in total. The number of unbranched alkanes of at least 4 members (excludes halogenated alkanes) is 1. The second-order valence-corrected chi connectivity index (χ2v) is 9.82. The van der Waals surface area contributed by atoms with Gasteiger partial charge in [0, 0.05) is 32.2 Å². The van der Waals surface area contributed by atoms with Crippen LogP contribution in [0.4, 0.5) is 11.4 Å². The Hall–Kier alpha value is -2.91. The third kappa shape index (κ3) is 5.11.